The first-order valence-corrected chi connectivity index (χ1v) is 9.97. The second-order valence-corrected chi connectivity index (χ2v) is 7.53. The summed E-state index contributed by atoms with van der Waals surface area (Å²) in [5.41, 5.74) is 3.79. The second-order valence-electron chi connectivity index (χ2n) is 6.73. The number of nitrogens with one attached hydrogen (secondary N) is 2. The fourth-order valence-electron chi connectivity index (χ4n) is 2.94. The van der Waals surface area contributed by atoms with Crippen LogP contribution in [0.4, 0.5) is 5.69 Å². The number of aryl methyl sites for hydroxylation is 1. The van der Waals surface area contributed by atoms with E-state index in [2.05, 4.69) is 15.0 Å². The molecule has 0 aliphatic rings. The number of hydrogen-bond acceptors (Lipinski definition) is 4. The Morgan fingerprint density at radius 3 is 2.38 bits per heavy atom. The highest BCUT2D eigenvalue weighted by Gasteiger charge is 2.14. The van der Waals surface area contributed by atoms with Crippen molar-refractivity contribution in [1.82, 2.24) is 9.69 Å². The van der Waals surface area contributed by atoms with E-state index in [4.69, 9.17) is 0 Å². The topological polar surface area (TPSA) is 71.1 Å². The van der Waals surface area contributed by atoms with Crippen molar-refractivity contribution < 1.29 is 9.59 Å². The van der Waals surface area contributed by atoms with E-state index in [0.717, 1.165) is 15.6 Å². The van der Waals surface area contributed by atoms with Crippen LogP contribution in [0.5, 0.6) is 0 Å². The quantitative estimate of drug-likeness (QED) is 0.505. The summed E-state index contributed by atoms with van der Waals surface area (Å²) in [6, 6.07) is 22.5. The number of fused-ring (bicyclic) bond motifs is 1. The lowest BCUT2D eigenvalue weighted by Gasteiger charge is -2.08. The lowest BCUT2D eigenvalue weighted by atomic mass is 10.1. The van der Waals surface area contributed by atoms with Gasteiger partial charge in [0.15, 0.2) is 0 Å². The Labute approximate surface area is 172 Å². The van der Waals surface area contributed by atoms with Crippen molar-refractivity contribution in [3.8, 4) is 0 Å². The van der Waals surface area contributed by atoms with Gasteiger partial charge in [0.2, 0.25) is 0 Å². The van der Waals surface area contributed by atoms with Crippen molar-refractivity contribution in [2.75, 3.05) is 5.32 Å². The van der Waals surface area contributed by atoms with Crippen molar-refractivity contribution in [3.05, 3.63) is 95.2 Å². The Morgan fingerprint density at radius 2 is 1.62 bits per heavy atom. The smallest absolute Gasteiger partial charge is 0.276 e. The molecule has 2 N–H and O–H groups in total. The van der Waals surface area contributed by atoms with E-state index >= 15 is 0 Å². The maximum Gasteiger partial charge on any atom is 0.276 e. The summed E-state index contributed by atoms with van der Waals surface area (Å²) in [6.45, 7) is 2.49. The van der Waals surface area contributed by atoms with Gasteiger partial charge >= 0.3 is 0 Å². The third-order valence-corrected chi connectivity index (χ3v) is 5.40. The van der Waals surface area contributed by atoms with Gasteiger partial charge in [-0.3, -0.25) is 9.59 Å². The average molecular weight is 401 g/mol. The van der Waals surface area contributed by atoms with Gasteiger partial charge in [0, 0.05) is 23.2 Å². The van der Waals surface area contributed by atoms with Gasteiger partial charge in [-0.1, -0.05) is 48.0 Å². The SMILES string of the molecule is Cc1ccc(CNC(=O)c2ccc(NC(=O)c3nsc4ccccc34)cc2)cc1. The molecule has 0 radical (unpaired) electrons. The predicted octanol–water partition coefficient (Wildman–Crippen LogP) is 4.79. The normalized spacial score (nSPS) is 10.7. The molecule has 6 heteroatoms. The molecule has 0 saturated heterocycles. The molecule has 5 nitrogen and oxygen atoms in total. The molecule has 0 atom stereocenters. The summed E-state index contributed by atoms with van der Waals surface area (Å²) in [4.78, 5) is 24.9. The molecule has 1 heterocycles. The van der Waals surface area contributed by atoms with Crippen molar-refractivity contribution in [1.29, 1.82) is 0 Å². The van der Waals surface area contributed by atoms with Gasteiger partial charge in [-0.15, -0.1) is 0 Å². The fourth-order valence-corrected chi connectivity index (χ4v) is 3.71. The van der Waals surface area contributed by atoms with Crippen LogP contribution < -0.4 is 10.6 Å². The van der Waals surface area contributed by atoms with Crippen LogP contribution in [-0.4, -0.2) is 16.2 Å². The maximum absolute atomic E-state index is 12.5. The van der Waals surface area contributed by atoms with Gasteiger partial charge in [0.05, 0.1) is 4.70 Å². The molecule has 1 aromatic heterocycles. The Bertz CT molecular complexity index is 1160. The van der Waals surface area contributed by atoms with Gasteiger partial charge in [0.25, 0.3) is 11.8 Å². The zero-order valence-corrected chi connectivity index (χ0v) is 16.6. The van der Waals surface area contributed by atoms with Gasteiger partial charge in [-0.2, -0.15) is 4.37 Å². The number of carbonyl (C=O) groups is 2. The number of aromatic nitrogens is 1. The van der Waals surface area contributed by atoms with Crippen molar-refractivity contribution in [2.45, 2.75) is 13.5 Å². The van der Waals surface area contributed by atoms with Gasteiger partial charge in [-0.05, 0) is 54.4 Å². The Morgan fingerprint density at radius 1 is 0.897 bits per heavy atom. The monoisotopic (exact) mass is 401 g/mol. The number of anilines is 1. The van der Waals surface area contributed by atoms with E-state index in [-0.39, 0.29) is 11.8 Å². The predicted molar refractivity (Wildman–Crippen MR) is 116 cm³/mol. The van der Waals surface area contributed by atoms with E-state index in [0.29, 0.717) is 23.5 Å². The summed E-state index contributed by atoms with van der Waals surface area (Å²) in [5.74, 6) is -0.423. The van der Waals surface area contributed by atoms with Gasteiger partial charge < -0.3 is 10.6 Å². The van der Waals surface area contributed by atoms with Crippen molar-refractivity contribution in [3.63, 3.8) is 0 Å². The zero-order valence-electron chi connectivity index (χ0n) is 15.8. The Kier molecular flexibility index (Phi) is 5.35. The highest BCUT2D eigenvalue weighted by Crippen LogP contribution is 2.23. The maximum atomic E-state index is 12.5. The molecular weight excluding hydrogens is 382 g/mol. The van der Waals surface area contributed by atoms with Crippen LogP contribution in [0, 0.1) is 6.92 Å². The molecule has 0 saturated carbocycles. The summed E-state index contributed by atoms with van der Waals surface area (Å²) < 4.78 is 5.23. The molecule has 4 rings (SSSR count). The standard InChI is InChI=1S/C23H19N3O2S/c1-15-6-8-16(9-7-15)14-24-22(27)17-10-12-18(13-11-17)25-23(28)21-19-4-2-3-5-20(19)29-26-21/h2-13H,14H2,1H3,(H,24,27)(H,25,28). The molecule has 144 valence electrons. The lowest BCUT2D eigenvalue weighted by Crippen LogP contribution is -2.22. The van der Waals surface area contributed by atoms with Gasteiger partial charge in [0.1, 0.15) is 5.69 Å². The van der Waals surface area contributed by atoms with Crippen LogP contribution in [0.1, 0.15) is 32.0 Å². The van der Waals surface area contributed by atoms with E-state index in [1.54, 1.807) is 24.3 Å². The molecule has 0 aliphatic carbocycles. The Hall–Kier alpha value is -3.51. The average Bonchev–Trinajstić information content (AvgIpc) is 3.18. The molecule has 0 spiro atoms. The molecular formula is C23H19N3O2S. The summed E-state index contributed by atoms with van der Waals surface area (Å²) >= 11 is 1.30. The number of rotatable bonds is 5. The molecule has 0 fully saturated rings. The zero-order chi connectivity index (χ0) is 20.2. The highest BCUT2D eigenvalue weighted by atomic mass is 32.1. The first-order chi connectivity index (χ1) is 14.1. The molecule has 3 aromatic carbocycles. The van der Waals surface area contributed by atoms with Crippen LogP contribution in [-0.2, 0) is 6.54 Å². The highest BCUT2D eigenvalue weighted by molar-refractivity contribution is 7.13. The lowest BCUT2D eigenvalue weighted by molar-refractivity contribution is 0.0950. The number of nitrogens with zero attached hydrogens (tertiary/aromatic N) is 1. The Balaban J connectivity index is 1.39. The largest absolute Gasteiger partial charge is 0.348 e. The van der Waals surface area contributed by atoms with Crippen molar-refractivity contribution in [2.24, 2.45) is 0 Å². The van der Waals surface area contributed by atoms with Gasteiger partial charge in [-0.25, -0.2) is 0 Å². The van der Waals surface area contributed by atoms with Crippen LogP contribution in [0.2, 0.25) is 0 Å². The third kappa shape index (κ3) is 4.33. The minimum Gasteiger partial charge on any atom is -0.348 e. The van der Waals surface area contributed by atoms with E-state index < -0.39 is 0 Å². The molecule has 2 amide bonds. The minimum absolute atomic E-state index is 0.158. The van der Waals surface area contributed by atoms with Crippen LogP contribution in [0.25, 0.3) is 10.1 Å². The minimum atomic E-state index is -0.265. The fraction of sp³-hybridized carbons (Fsp3) is 0.0870. The second kappa shape index (κ2) is 8.24. The summed E-state index contributed by atoms with van der Waals surface area (Å²) in [7, 11) is 0. The number of hydrogen-bond donors (Lipinski definition) is 2. The van der Waals surface area contributed by atoms with Crippen LogP contribution >= 0.6 is 11.5 Å². The molecule has 0 bridgehead atoms. The van der Waals surface area contributed by atoms with Crippen molar-refractivity contribution >= 4 is 39.1 Å². The molecule has 0 unspecified atom stereocenters. The van der Waals surface area contributed by atoms with Crippen LogP contribution in [0.15, 0.2) is 72.8 Å². The number of benzene rings is 3. The molecule has 29 heavy (non-hydrogen) atoms. The first kappa shape index (κ1) is 18.8. The number of carbonyl (C=O) groups excluding carboxylic acids is 2. The third-order valence-electron chi connectivity index (χ3n) is 4.57. The van der Waals surface area contributed by atoms with E-state index in [9.17, 15) is 9.59 Å². The summed E-state index contributed by atoms with van der Waals surface area (Å²) in [5, 5.41) is 6.58. The molecule has 4 aromatic rings. The molecule has 0 aliphatic heterocycles. The first-order valence-electron chi connectivity index (χ1n) is 9.20. The number of amides is 2. The van der Waals surface area contributed by atoms with Crippen LogP contribution in [0.3, 0.4) is 0 Å². The van der Waals surface area contributed by atoms with E-state index in [1.165, 1.54) is 17.1 Å². The van der Waals surface area contributed by atoms with E-state index in [1.807, 2.05) is 55.5 Å². The summed E-state index contributed by atoms with van der Waals surface area (Å²) in [6.07, 6.45) is 0.